The quantitative estimate of drug-likeness (QED) is 0.811. The van der Waals surface area contributed by atoms with Crippen LogP contribution < -0.4 is 5.32 Å². The number of hydrogen-bond acceptors (Lipinski definition) is 4. The van der Waals surface area contributed by atoms with Crippen LogP contribution in [0.2, 0.25) is 0 Å². The monoisotopic (exact) mass is 296 g/mol. The third kappa shape index (κ3) is 3.55. The second-order valence-corrected chi connectivity index (χ2v) is 6.17. The Labute approximate surface area is 125 Å². The first-order chi connectivity index (χ1) is 10.2. The number of rotatable bonds is 4. The highest BCUT2D eigenvalue weighted by Gasteiger charge is 2.38. The van der Waals surface area contributed by atoms with Crippen LogP contribution in [0, 0.1) is 5.92 Å². The van der Waals surface area contributed by atoms with Crippen LogP contribution in [-0.4, -0.2) is 61.8 Å². The number of nitrogens with one attached hydrogen (secondary N) is 1. The van der Waals surface area contributed by atoms with Gasteiger partial charge in [0.2, 0.25) is 11.8 Å². The molecular weight excluding hydrogens is 272 g/mol. The molecule has 3 rings (SSSR count). The van der Waals surface area contributed by atoms with Crippen molar-refractivity contribution in [3.8, 4) is 0 Å². The van der Waals surface area contributed by atoms with Crippen molar-refractivity contribution in [3.63, 3.8) is 0 Å². The molecule has 1 N–H and O–H groups in total. The Morgan fingerprint density at radius 3 is 2.76 bits per heavy atom. The summed E-state index contributed by atoms with van der Waals surface area (Å²) in [6, 6.07) is 0.252. The summed E-state index contributed by atoms with van der Waals surface area (Å²) in [6.07, 6.45) is 4.34. The maximum Gasteiger partial charge on any atom is 0.225 e. The van der Waals surface area contributed by atoms with Crippen LogP contribution in [-0.2, 0) is 19.1 Å². The van der Waals surface area contributed by atoms with Gasteiger partial charge in [-0.25, -0.2) is 0 Å². The molecule has 3 saturated heterocycles. The maximum atomic E-state index is 12.2. The third-order valence-electron chi connectivity index (χ3n) is 4.69. The molecule has 0 spiro atoms. The molecule has 0 bridgehead atoms. The maximum absolute atomic E-state index is 12.2. The van der Waals surface area contributed by atoms with Crippen molar-refractivity contribution >= 4 is 11.8 Å². The van der Waals surface area contributed by atoms with Gasteiger partial charge in [-0.2, -0.15) is 0 Å². The van der Waals surface area contributed by atoms with Crippen LogP contribution in [0.4, 0.5) is 0 Å². The van der Waals surface area contributed by atoms with E-state index in [4.69, 9.17) is 9.47 Å². The van der Waals surface area contributed by atoms with Crippen LogP contribution in [0.1, 0.15) is 32.1 Å². The van der Waals surface area contributed by atoms with Crippen molar-refractivity contribution in [3.05, 3.63) is 0 Å². The molecule has 0 aromatic heterocycles. The molecule has 0 saturated carbocycles. The van der Waals surface area contributed by atoms with Crippen LogP contribution in [0.25, 0.3) is 0 Å². The smallest absolute Gasteiger partial charge is 0.225 e. The van der Waals surface area contributed by atoms with Gasteiger partial charge in [0.1, 0.15) is 0 Å². The Hall–Kier alpha value is -1.14. The molecule has 3 heterocycles. The zero-order valence-corrected chi connectivity index (χ0v) is 12.4. The second kappa shape index (κ2) is 6.75. The Morgan fingerprint density at radius 1 is 1.24 bits per heavy atom. The topological polar surface area (TPSA) is 67.9 Å². The van der Waals surface area contributed by atoms with Gasteiger partial charge in [0.05, 0.1) is 12.0 Å². The molecule has 2 amide bonds. The minimum absolute atomic E-state index is 0.00610. The van der Waals surface area contributed by atoms with Crippen molar-refractivity contribution in [1.82, 2.24) is 10.2 Å². The first-order valence-electron chi connectivity index (χ1n) is 8.00. The predicted octanol–water partition coefficient (Wildman–Crippen LogP) is 0.309. The molecule has 6 nitrogen and oxygen atoms in total. The Kier molecular flexibility index (Phi) is 4.75. The molecule has 0 aromatic rings. The molecule has 6 heteroatoms. The zero-order chi connectivity index (χ0) is 14.7. The third-order valence-corrected chi connectivity index (χ3v) is 4.69. The van der Waals surface area contributed by atoms with Crippen LogP contribution in [0.5, 0.6) is 0 Å². The fourth-order valence-corrected chi connectivity index (χ4v) is 3.42. The molecule has 0 aliphatic carbocycles. The van der Waals surface area contributed by atoms with Crippen molar-refractivity contribution in [2.45, 2.75) is 44.2 Å². The van der Waals surface area contributed by atoms with Crippen LogP contribution in [0.3, 0.4) is 0 Å². The van der Waals surface area contributed by atoms with E-state index in [9.17, 15) is 9.59 Å². The first-order valence-corrected chi connectivity index (χ1v) is 8.00. The summed E-state index contributed by atoms with van der Waals surface area (Å²) in [5, 5.41) is 2.94. The average Bonchev–Trinajstić information content (AvgIpc) is 3.15. The largest absolute Gasteiger partial charge is 0.381 e. The van der Waals surface area contributed by atoms with E-state index in [1.807, 2.05) is 4.90 Å². The van der Waals surface area contributed by atoms with Crippen molar-refractivity contribution in [1.29, 1.82) is 0 Å². The number of likely N-dealkylation sites (tertiary alicyclic amines) is 1. The lowest BCUT2D eigenvalue weighted by atomic mass is 10.1. The molecular formula is C15H24N2O4. The lowest BCUT2D eigenvalue weighted by Crippen LogP contribution is -2.42. The molecule has 2 atom stereocenters. The SMILES string of the molecule is O=C(NC[C@H]1CCCO1)[C@@H]1CC(=O)N(C2CCOCC2)C1. The molecule has 3 aliphatic rings. The zero-order valence-electron chi connectivity index (χ0n) is 12.4. The highest BCUT2D eigenvalue weighted by atomic mass is 16.5. The van der Waals surface area contributed by atoms with Crippen LogP contribution in [0.15, 0.2) is 0 Å². The molecule has 0 aromatic carbocycles. The van der Waals surface area contributed by atoms with Crippen molar-refractivity contribution < 1.29 is 19.1 Å². The van der Waals surface area contributed by atoms with Crippen LogP contribution >= 0.6 is 0 Å². The minimum Gasteiger partial charge on any atom is -0.381 e. The highest BCUT2D eigenvalue weighted by Crippen LogP contribution is 2.25. The summed E-state index contributed by atoms with van der Waals surface area (Å²) in [6.45, 7) is 3.34. The van der Waals surface area contributed by atoms with Gasteiger partial charge in [-0.15, -0.1) is 0 Å². The minimum atomic E-state index is -0.207. The summed E-state index contributed by atoms with van der Waals surface area (Å²) in [5.41, 5.74) is 0. The molecule has 21 heavy (non-hydrogen) atoms. The molecule has 0 unspecified atom stereocenters. The van der Waals surface area contributed by atoms with E-state index in [0.717, 1.165) is 32.3 Å². The van der Waals surface area contributed by atoms with E-state index < -0.39 is 0 Å². The number of nitrogens with zero attached hydrogens (tertiary/aromatic N) is 1. The standard InChI is InChI=1S/C15H24N2O4/c18-14-8-11(10-17(14)12-3-6-20-7-4-12)15(19)16-9-13-2-1-5-21-13/h11-13H,1-10H2,(H,16,19)/t11-,13-/m1/s1. The lowest BCUT2D eigenvalue weighted by Gasteiger charge is -2.31. The Bertz CT molecular complexity index is 389. The number of hydrogen-bond donors (Lipinski definition) is 1. The second-order valence-electron chi connectivity index (χ2n) is 6.17. The summed E-state index contributed by atoms with van der Waals surface area (Å²) in [7, 11) is 0. The van der Waals surface area contributed by atoms with Gasteiger partial charge >= 0.3 is 0 Å². The Morgan fingerprint density at radius 2 is 2.05 bits per heavy atom. The number of carbonyl (C=O) groups is 2. The molecule has 118 valence electrons. The number of carbonyl (C=O) groups excluding carboxylic acids is 2. The van der Waals surface area contributed by atoms with E-state index in [0.29, 0.717) is 32.7 Å². The van der Waals surface area contributed by atoms with Crippen molar-refractivity contribution in [2.75, 3.05) is 32.9 Å². The van der Waals surface area contributed by atoms with Gasteiger partial charge in [-0.3, -0.25) is 9.59 Å². The average molecular weight is 296 g/mol. The first kappa shape index (κ1) is 14.8. The lowest BCUT2D eigenvalue weighted by molar-refractivity contribution is -0.131. The predicted molar refractivity (Wildman–Crippen MR) is 75.6 cm³/mol. The number of amides is 2. The summed E-state index contributed by atoms with van der Waals surface area (Å²) < 4.78 is 10.8. The van der Waals surface area contributed by atoms with Gasteiger partial charge in [0, 0.05) is 45.4 Å². The summed E-state index contributed by atoms with van der Waals surface area (Å²) in [5.74, 6) is -0.102. The summed E-state index contributed by atoms with van der Waals surface area (Å²) >= 11 is 0. The van der Waals surface area contributed by atoms with E-state index >= 15 is 0 Å². The van der Waals surface area contributed by atoms with Gasteiger partial charge in [-0.1, -0.05) is 0 Å². The van der Waals surface area contributed by atoms with Gasteiger partial charge in [0.25, 0.3) is 0 Å². The van der Waals surface area contributed by atoms with E-state index in [1.54, 1.807) is 0 Å². The fourth-order valence-electron chi connectivity index (χ4n) is 3.42. The van der Waals surface area contributed by atoms with E-state index in [1.165, 1.54) is 0 Å². The van der Waals surface area contributed by atoms with Crippen molar-refractivity contribution in [2.24, 2.45) is 5.92 Å². The van der Waals surface area contributed by atoms with Gasteiger partial charge < -0.3 is 19.7 Å². The fraction of sp³-hybridized carbons (Fsp3) is 0.867. The van der Waals surface area contributed by atoms with Gasteiger partial charge in [-0.05, 0) is 25.7 Å². The molecule has 3 aliphatic heterocycles. The molecule has 3 fully saturated rings. The van der Waals surface area contributed by atoms with E-state index in [2.05, 4.69) is 5.32 Å². The Balaban J connectivity index is 1.47. The van der Waals surface area contributed by atoms with E-state index in [-0.39, 0.29) is 29.9 Å². The summed E-state index contributed by atoms with van der Waals surface area (Å²) in [4.78, 5) is 26.2. The highest BCUT2D eigenvalue weighted by molar-refractivity contribution is 5.89. The number of ether oxygens (including phenoxy) is 2. The van der Waals surface area contributed by atoms with Gasteiger partial charge in [0.15, 0.2) is 0 Å². The molecule has 0 radical (unpaired) electrons. The normalized spacial score (nSPS) is 30.9.